The number of rotatable bonds is 5. The minimum Gasteiger partial charge on any atom is -0.467 e. The van der Waals surface area contributed by atoms with E-state index in [-0.39, 0.29) is 5.57 Å². The summed E-state index contributed by atoms with van der Waals surface area (Å²) in [7, 11) is 0. The Hall–Kier alpha value is -2.91. The van der Waals surface area contributed by atoms with Crippen LogP contribution in [0.5, 0.6) is 0 Å². The summed E-state index contributed by atoms with van der Waals surface area (Å²) in [5.74, 6) is 0.148. The maximum absolute atomic E-state index is 12.0. The van der Waals surface area contributed by atoms with Crippen LogP contribution in [0.15, 0.2) is 52.8 Å². The maximum Gasteiger partial charge on any atom is 0.267 e. The predicted molar refractivity (Wildman–Crippen MR) is 83.7 cm³/mol. The second-order valence-corrected chi connectivity index (χ2v) is 4.73. The van der Waals surface area contributed by atoms with E-state index in [1.807, 2.05) is 6.07 Å². The molecule has 0 aliphatic heterocycles. The highest BCUT2D eigenvalue weighted by atomic mass is 35.5. The predicted octanol–water partition coefficient (Wildman–Crippen LogP) is 2.65. The molecule has 4 N–H and O–H groups in total. The van der Waals surface area contributed by atoms with Gasteiger partial charge in [-0.05, 0) is 30.3 Å². The molecule has 0 unspecified atom stereocenters. The maximum atomic E-state index is 12.0. The Bertz CT molecular complexity index is 732. The molecule has 112 valence electrons. The third kappa shape index (κ3) is 4.04. The number of nitrogen functional groups attached to an aromatic ring is 1. The summed E-state index contributed by atoms with van der Waals surface area (Å²) in [6, 6.07) is 10.0. The number of nitrogens with zero attached hydrogens (tertiary/aromatic N) is 1. The summed E-state index contributed by atoms with van der Waals surface area (Å²) in [5.41, 5.74) is 6.39. The van der Waals surface area contributed by atoms with E-state index in [4.69, 9.17) is 27.0 Å². The number of halogens is 1. The second-order valence-electron chi connectivity index (χ2n) is 4.32. The number of furan rings is 1. The van der Waals surface area contributed by atoms with Crippen molar-refractivity contribution in [3.05, 3.63) is 59.2 Å². The normalized spacial score (nSPS) is 10.8. The lowest BCUT2D eigenvalue weighted by Gasteiger charge is -2.06. The fraction of sp³-hybridized carbons (Fsp3) is 0.0667. The molecule has 0 atom stereocenters. The van der Waals surface area contributed by atoms with Crippen LogP contribution in [0.1, 0.15) is 5.76 Å². The first-order valence-corrected chi connectivity index (χ1v) is 6.70. The minimum atomic E-state index is -0.546. The first-order valence-electron chi connectivity index (χ1n) is 6.32. The van der Waals surface area contributed by atoms with E-state index < -0.39 is 5.91 Å². The van der Waals surface area contributed by atoms with Crippen LogP contribution in [-0.4, -0.2) is 5.91 Å². The van der Waals surface area contributed by atoms with Gasteiger partial charge in [-0.3, -0.25) is 4.79 Å². The summed E-state index contributed by atoms with van der Waals surface area (Å²) in [5, 5.41) is 14.8. The largest absolute Gasteiger partial charge is 0.467 e. The first kappa shape index (κ1) is 15.5. The highest BCUT2D eigenvalue weighted by molar-refractivity contribution is 6.33. The summed E-state index contributed by atoms with van der Waals surface area (Å²) >= 11 is 5.87. The number of nitrogens with one attached hydrogen (secondary N) is 2. The van der Waals surface area contributed by atoms with Gasteiger partial charge in [0.1, 0.15) is 17.4 Å². The zero-order valence-electron chi connectivity index (χ0n) is 11.5. The van der Waals surface area contributed by atoms with Crippen molar-refractivity contribution in [2.75, 3.05) is 11.1 Å². The average molecular weight is 317 g/mol. The molecular weight excluding hydrogens is 304 g/mol. The number of carbonyl (C=O) groups is 1. The standard InChI is InChI=1S/C15H13ClN4O2/c16-13-6-11(3-4-14(13)18)20-15(21)10(7-17)8-19-9-12-2-1-5-22-12/h1-6,8,19H,9,18H2,(H,20,21)/b10-8-. The number of anilines is 2. The molecule has 7 heteroatoms. The van der Waals surface area contributed by atoms with E-state index in [1.54, 1.807) is 30.5 Å². The zero-order chi connectivity index (χ0) is 15.9. The molecule has 1 aromatic heterocycles. The van der Waals surface area contributed by atoms with Crippen LogP contribution in [0, 0.1) is 11.3 Å². The van der Waals surface area contributed by atoms with Gasteiger partial charge >= 0.3 is 0 Å². The number of amides is 1. The Morgan fingerprint density at radius 2 is 2.27 bits per heavy atom. The van der Waals surface area contributed by atoms with Crippen molar-refractivity contribution in [1.82, 2.24) is 5.32 Å². The van der Waals surface area contributed by atoms with Gasteiger partial charge in [0, 0.05) is 11.9 Å². The molecular formula is C15H13ClN4O2. The van der Waals surface area contributed by atoms with Crippen LogP contribution in [0.2, 0.25) is 5.02 Å². The summed E-state index contributed by atoms with van der Waals surface area (Å²) in [6.07, 6.45) is 2.88. The third-order valence-electron chi connectivity index (χ3n) is 2.73. The lowest BCUT2D eigenvalue weighted by molar-refractivity contribution is -0.112. The summed E-state index contributed by atoms with van der Waals surface area (Å²) < 4.78 is 5.13. The third-order valence-corrected chi connectivity index (χ3v) is 3.05. The Morgan fingerprint density at radius 3 is 2.91 bits per heavy atom. The molecule has 2 rings (SSSR count). The van der Waals surface area contributed by atoms with Crippen molar-refractivity contribution in [2.24, 2.45) is 0 Å². The van der Waals surface area contributed by atoms with Crippen molar-refractivity contribution in [2.45, 2.75) is 6.54 Å². The van der Waals surface area contributed by atoms with Crippen molar-refractivity contribution >= 4 is 28.9 Å². The lowest BCUT2D eigenvalue weighted by atomic mass is 10.2. The summed E-state index contributed by atoms with van der Waals surface area (Å²) in [4.78, 5) is 12.0. The number of benzene rings is 1. The van der Waals surface area contributed by atoms with E-state index >= 15 is 0 Å². The lowest BCUT2D eigenvalue weighted by Crippen LogP contribution is -2.16. The highest BCUT2D eigenvalue weighted by Crippen LogP contribution is 2.22. The first-order chi connectivity index (χ1) is 10.6. The molecule has 0 spiro atoms. The van der Waals surface area contributed by atoms with Gasteiger partial charge in [0.25, 0.3) is 5.91 Å². The number of hydrogen-bond acceptors (Lipinski definition) is 5. The average Bonchev–Trinajstić information content (AvgIpc) is 3.00. The molecule has 1 amide bonds. The van der Waals surface area contributed by atoms with Crippen LogP contribution in [-0.2, 0) is 11.3 Å². The van der Waals surface area contributed by atoms with E-state index in [9.17, 15) is 4.79 Å². The molecule has 1 heterocycles. The zero-order valence-corrected chi connectivity index (χ0v) is 12.2. The monoisotopic (exact) mass is 316 g/mol. The topological polar surface area (TPSA) is 104 Å². The number of carbonyl (C=O) groups excluding carboxylic acids is 1. The number of nitrogens with two attached hydrogens (primary N) is 1. The van der Waals surface area contributed by atoms with Gasteiger partial charge in [0.2, 0.25) is 0 Å². The van der Waals surface area contributed by atoms with Crippen LogP contribution >= 0.6 is 11.6 Å². The van der Waals surface area contributed by atoms with Gasteiger partial charge in [0.15, 0.2) is 0 Å². The summed E-state index contributed by atoms with van der Waals surface area (Å²) in [6.45, 7) is 0.374. The van der Waals surface area contributed by atoms with Gasteiger partial charge in [-0.2, -0.15) is 5.26 Å². The van der Waals surface area contributed by atoms with Crippen LogP contribution < -0.4 is 16.4 Å². The molecule has 6 nitrogen and oxygen atoms in total. The Kier molecular flexibility index (Phi) is 5.07. The van der Waals surface area contributed by atoms with Gasteiger partial charge in [-0.1, -0.05) is 11.6 Å². The highest BCUT2D eigenvalue weighted by Gasteiger charge is 2.10. The van der Waals surface area contributed by atoms with Gasteiger partial charge in [0.05, 0.1) is 23.5 Å². The number of nitriles is 1. The molecule has 0 radical (unpaired) electrons. The molecule has 0 aliphatic carbocycles. The quantitative estimate of drug-likeness (QED) is 0.447. The van der Waals surface area contributed by atoms with Crippen molar-refractivity contribution in [1.29, 1.82) is 5.26 Å². The van der Waals surface area contributed by atoms with Crippen molar-refractivity contribution < 1.29 is 9.21 Å². The van der Waals surface area contributed by atoms with Gasteiger partial charge < -0.3 is 20.8 Å². The molecule has 1 aromatic carbocycles. The Balaban J connectivity index is 1.99. The fourth-order valence-corrected chi connectivity index (χ4v) is 1.80. The Morgan fingerprint density at radius 1 is 1.45 bits per heavy atom. The van der Waals surface area contributed by atoms with E-state index in [0.717, 1.165) is 0 Å². The molecule has 0 saturated carbocycles. The molecule has 0 fully saturated rings. The Labute approximate surface area is 132 Å². The molecule has 0 saturated heterocycles. The van der Waals surface area contributed by atoms with Crippen molar-refractivity contribution in [3.8, 4) is 6.07 Å². The van der Waals surface area contributed by atoms with Gasteiger partial charge in [-0.25, -0.2) is 0 Å². The number of hydrogen-bond donors (Lipinski definition) is 3. The molecule has 2 aromatic rings. The van der Waals surface area contributed by atoms with Crippen LogP contribution in [0.25, 0.3) is 0 Å². The van der Waals surface area contributed by atoms with Crippen molar-refractivity contribution in [3.63, 3.8) is 0 Å². The van der Waals surface area contributed by atoms with E-state index in [2.05, 4.69) is 10.6 Å². The smallest absolute Gasteiger partial charge is 0.267 e. The molecule has 22 heavy (non-hydrogen) atoms. The molecule has 0 bridgehead atoms. The second kappa shape index (κ2) is 7.20. The molecule has 0 aliphatic rings. The van der Waals surface area contributed by atoms with Crippen LogP contribution in [0.4, 0.5) is 11.4 Å². The minimum absolute atomic E-state index is 0.0699. The fourth-order valence-electron chi connectivity index (χ4n) is 1.62. The SMILES string of the molecule is N#C/C(=C/NCc1ccco1)C(=O)Nc1ccc(N)c(Cl)c1. The van der Waals surface area contributed by atoms with Gasteiger partial charge in [-0.15, -0.1) is 0 Å². The van der Waals surface area contributed by atoms with E-state index in [1.165, 1.54) is 12.3 Å². The van der Waals surface area contributed by atoms with E-state index in [0.29, 0.717) is 28.7 Å². The van der Waals surface area contributed by atoms with Crippen LogP contribution in [0.3, 0.4) is 0 Å².